The van der Waals surface area contributed by atoms with E-state index < -0.39 is 0 Å². The van der Waals surface area contributed by atoms with E-state index in [1.807, 2.05) is 6.07 Å². The van der Waals surface area contributed by atoms with E-state index in [0.717, 1.165) is 18.8 Å². The third kappa shape index (κ3) is 2.22. The molecule has 0 amide bonds. The van der Waals surface area contributed by atoms with Gasteiger partial charge in [-0.2, -0.15) is 0 Å². The van der Waals surface area contributed by atoms with Crippen molar-refractivity contribution in [3.63, 3.8) is 0 Å². The minimum atomic E-state index is 0.362. The molecule has 2 rings (SSSR count). The number of aromatic nitrogens is 2. The molecule has 0 spiro atoms. The van der Waals surface area contributed by atoms with Gasteiger partial charge in [-0.25, -0.2) is 9.97 Å². The normalized spacial score (nSPS) is 19.9. The first-order valence-electron chi connectivity index (χ1n) is 4.92. The molecule has 0 bridgehead atoms. The maximum absolute atomic E-state index is 5.76. The van der Waals surface area contributed by atoms with Crippen LogP contribution in [0.15, 0.2) is 12.3 Å². The molecule has 14 heavy (non-hydrogen) atoms. The third-order valence-electron chi connectivity index (χ3n) is 2.78. The topological polar surface area (TPSA) is 29.0 Å². The number of rotatable bonds is 1. The van der Waals surface area contributed by atoms with E-state index in [-0.39, 0.29) is 0 Å². The van der Waals surface area contributed by atoms with E-state index in [0.29, 0.717) is 11.2 Å². The Morgan fingerprint density at radius 2 is 2.14 bits per heavy atom. The highest BCUT2D eigenvalue weighted by molar-refractivity contribution is 6.28. The second-order valence-electron chi connectivity index (χ2n) is 3.83. The molecule has 4 heteroatoms. The molecule has 1 fully saturated rings. The van der Waals surface area contributed by atoms with Crippen molar-refractivity contribution < 1.29 is 0 Å². The van der Waals surface area contributed by atoms with Crippen LogP contribution in [0.1, 0.15) is 24.5 Å². The van der Waals surface area contributed by atoms with Crippen LogP contribution in [0, 0.1) is 0 Å². The molecule has 1 aliphatic heterocycles. The highest BCUT2D eigenvalue weighted by Gasteiger charge is 2.19. The Balaban J connectivity index is 2.08. The van der Waals surface area contributed by atoms with Crippen LogP contribution in [0.4, 0.5) is 0 Å². The maximum Gasteiger partial charge on any atom is 0.222 e. The fourth-order valence-electron chi connectivity index (χ4n) is 1.88. The lowest BCUT2D eigenvalue weighted by Gasteiger charge is -2.28. The SMILES string of the molecule is CN1CCC(c2ccnc(Cl)n2)CC1. The number of hydrogen-bond acceptors (Lipinski definition) is 3. The molecule has 0 saturated carbocycles. The number of likely N-dealkylation sites (tertiary alicyclic amines) is 1. The second kappa shape index (κ2) is 4.24. The van der Waals surface area contributed by atoms with Gasteiger partial charge in [0, 0.05) is 17.8 Å². The van der Waals surface area contributed by atoms with Crippen molar-refractivity contribution >= 4 is 11.6 Å². The van der Waals surface area contributed by atoms with Crippen molar-refractivity contribution in [1.82, 2.24) is 14.9 Å². The molecule has 0 atom stereocenters. The minimum absolute atomic E-state index is 0.362. The van der Waals surface area contributed by atoms with Gasteiger partial charge in [-0.15, -0.1) is 0 Å². The van der Waals surface area contributed by atoms with Gasteiger partial charge in [-0.3, -0.25) is 0 Å². The van der Waals surface area contributed by atoms with Crippen molar-refractivity contribution in [2.45, 2.75) is 18.8 Å². The Morgan fingerprint density at radius 1 is 1.43 bits per heavy atom. The van der Waals surface area contributed by atoms with Gasteiger partial charge in [0.05, 0.1) is 0 Å². The summed E-state index contributed by atoms with van der Waals surface area (Å²) in [6.45, 7) is 2.29. The molecule has 0 radical (unpaired) electrons. The maximum atomic E-state index is 5.76. The van der Waals surface area contributed by atoms with Gasteiger partial charge in [0.1, 0.15) is 0 Å². The summed E-state index contributed by atoms with van der Waals surface area (Å²) in [6, 6.07) is 1.97. The fourth-order valence-corrected chi connectivity index (χ4v) is 2.03. The van der Waals surface area contributed by atoms with Crippen LogP contribution in [0.5, 0.6) is 0 Å². The first kappa shape index (κ1) is 9.87. The first-order chi connectivity index (χ1) is 6.75. The molecule has 1 saturated heterocycles. The lowest BCUT2D eigenvalue weighted by Crippen LogP contribution is -2.29. The summed E-state index contributed by atoms with van der Waals surface area (Å²) >= 11 is 5.76. The molecule has 1 aliphatic rings. The van der Waals surface area contributed by atoms with E-state index in [1.54, 1.807) is 6.20 Å². The van der Waals surface area contributed by atoms with E-state index in [1.165, 1.54) is 12.8 Å². The Kier molecular flexibility index (Phi) is 2.99. The summed E-state index contributed by atoms with van der Waals surface area (Å²) in [5.74, 6) is 0.562. The summed E-state index contributed by atoms with van der Waals surface area (Å²) in [5, 5.41) is 0.362. The van der Waals surface area contributed by atoms with Gasteiger partial charge in [0.2, 0.25) is 5.28 Å². The molecule has 2 heterocycles. The first-order valence-corrected chi connectivity index (χ1v) is 5.30. The van der Waals surface area contributed by atoms with E-state index >= 15 is 0 Å². The highest BCUT2D eigenvalue weighted by Crippen LogP contribution is 2.25. The van der Waals surface area contributed by atoms with E-state index in [2.05, 4.69) is 21.9 Å². The van der Waals surface area contributed by atoms with Crippen LogP contribution in [-0.2, 0) is 0 Å². The van der Waals surface area contributed by atoms with Gasteiger partial charge >= 0.3 is 0 Å². The average Bonchev–Trinajstić information content (AvgIpc) is 2.19. The van der Waals surface area contributed by atoms with Crippen LogP contribution in [-0.4, -0.2) is 35.0 Å². The molecule has 1 aromatic heterocycles. The molecular formula is C10H14ClN3. The summed E-state index contributed by atoms with van der Waals surface area (Å²) in [5.41, 5.74) is 1.10. The van der Waals surface area contributed by atoms with Crippen molar-refractivity contribution in [3.05, 3.63) is 23.2 Å². The molecule has 3 nitrogen and oxygen atoms in total. The largest absolute Gasteiger partial charge is 0.306 e. The number of piperidine rings is 1. The van der Waals surface area contributed by atoms with Crippen molar-refractivity contribution in [2.75, 3.05) is 20.1 Å². The molecule has 76 valence electrons. The summed E-state index contributed by atoms with van der Waals surface area (Å²) in [4.78, 5) is 10.5. The average molecular weight is 212 g/mol. The van der Waals surface area contributed by atoms with Gasteiger partial charge in [-0.1, -0.05) is 0 Å². The van der Waals surface area contributed by atoms with Gasteiger partial charge in [-0.05, 0) is 50.6 Å². The highest BCUT2D eigenvalue weighted by atomic mass is 35.5. The molecule has 1 aromatic rings. The monoisotopic (exact) mass is 211 g/mol. The Morgan fingerprint density at radius 3 is 2.79 bits per heavy atom. The van der Waals surface area contributed by atoms with Crippen LogP contribution >= 0.6 is 11.6 Å². The van der Waals surface area contributed by atoms with E-state index in [4.69, 9.17) is 11.6 Å². The van der Waals surface area contributed by atoms with Crippen molar-refractivity contribution in [3.8, 4) is 0 Å². The summed E-state index contributed by atoms with van der Waals surface area (Å²) < 4.78 is 0. The standard InChI is InChI=1S/C10H14ClN3/c1-14-6-3-8(4-7-14)9-2-5-12-10(11)13-9/h2,5,8H,3-4,6-7H2,1H3. The molecule has 0 N–H and O–H groups in total. The number of hydrogen-bond donors (Lipinski definition) is 0. The Hall–Kier alpha value is -0.670. The predicted molar refractivity (Wildman–Crippen MR) is 56.5 cm³/mol. The van der Waals surface area contributed by atoms with Gasteiger partial charge < -0.3 is 4.90 Å². The summed E-state index contributed by atoms with van der Waals surface area (Å²) in [6.07, 6.45) is 4.08. The Labute approximate surface area is 89.1 Å². The van der Waals surface area contributed by atoms with Crippen LogP contribution in [0.2, 0.25) is 5.28 Å². The molecular weight excluding hydrogens is 198 g/mol. The Bertz CT molecular complexity index is 308. The number of nitrogens with zero attached hydrogens (tertiary/aromatic N) is 3. The third-order valence-corrected chi connectivity index (χ3v) is 2.97. The van der Waals surface area contributed by atoms with Gasteiger partial charge in [0.25, 0.3) is 0 Å². The molecule has 0 aliphatic carbocycles. The molecule has 0 aromatic carbocycles. The van der Waals surface area contributed by atoms with Gasteiger partial charge in [0.15, 0.2) is 0 Å². The van der Waals surface area contributed by atoms with Crippen molar-refractivity contribution in [2.24, 2.45) is 0 Å². The zero-order chi connectivity index (χ0) is 9.97. The lowest BCUT2D eigenvalue weighted by atomic mass is 9.94. The number of halogens is 1. The smallest absolute Gasteiger partial charge is 0.222 e. The van der Waals surface area contributed by atoms with Crippen LogP contribution in [0.25, 0.3) is 0 Å². The molecule has 0 unspecified atom stereocenters. The van der Waals surface area contributed by atoms with Crippen LogP contribution in [0.3, 0.4) is 0 Å². The van der Waals surface area contributed by atoms with Crippen molar-refractivity contribution in [1.29, 1.82) is 0 Å². The second-order valence-corrected chi connectivity index (χ2v) is 4.17. The quantitative estimate of drug-likeness (QED) is 0.665. The summed E-state index contributed by atoms with van der Waals surface area (Å²) in [7, 11) is 2.16. The fraction of sp³-hybridized carbons (Fsp3) is 0.600. The minimum Gasteiger partial charge on any atom is -0.306 e. The predicted octanol–water partition coefficient (Wildman–Crippen LogP) is 1.94. The van der Waals surface area contributed by atoms with E-state index in [9.17, 15) is 0 Å². The van der Waals surface area contributed by atoms with Crippen LogP contribution < -0.4 is 0 Å². The lowest BCUT2D eigenvalue weighted by molar-refractivity contribution is 0.253. The zero-order valence-corrected chi connectivity index (χ0v) is 9.04. The zero-order valence-electron chi connectivity index (χ0n) is 8.28.